The number of anilines is 2. The number of nitrogen functional groups attached to an aromatic ring is 1. The van der Waals surface area contributed by atoms with E-state index >= 15 is 0 Å². The van der Waals surface area contributed by atoms with E-state index in [9.17, 15) is 0 Å². The molecule has 0 atom stereocenters. The van der Waals surface area contributed by atoms with Crippen molar-refractivity contribution in [1.82, 2.24) is 9.97 Å². The number of nitrogens with two attached hydrogens (primary N) is 1. The van der Waals surface area contributed by atoms with Crippen molar-refractivity contribution >= 4 is 34.0 Å². The summed E-state index contributed by atoms with van der Waals surface area (Å²) < 4.78 is 0. The molecule has 3 aromatic rings. The first-order valence-corrected chi connectivity index (χ1v) is 7.74. The van der Waals surface area contributed by atoms with E-state index in [1.807, 2.05) is 24.3 Å². The van der Waals surface area contributed by atoms with E-state index in [0.29, 0.717) is 5.95 Å². The fraction of sp³-hybridized carbons (Fsp3) is 0.250. The van der Waals surface area contributed by atoms with Gasteiger partial charge in [-0.05, 0) is 23.6 Å². The average molecular weight is 298 g/mol. The minimum atomic E-state index is 0.0367. The van der Waals surface area contributed by atoms with Gasteiger partial charge in [0.1, 0.15) is 5.82 Å². The van der Waals surface area contributed by atoms with E-state index < -0.39 is 0 Å². The lowest BCUT2D eigenvalue weighted by Crippen LogP contribution is -2.27. The van der Waals surface area contributed by atoms with Crippen molar-refractivity contribution in [2.75, 3.05) is 17.6 Å². The maximum Gasteiger partial charge on any atom is 0.222 e. The first-order valence-electron chi connectivity index (χ1n) is 6.86. The standard InChI is InChI=1S/C16H18N4S/c1-16(2,13-8-5-9-21-13)10-18-14-11-6-3-4-7-12(11)19-15(17)20-14/h3-9H,10H2,1-2H3,(H3,17,18,19,20). The highest BCUT2D eigenvalue weighted by atomic mass is 32.1. The molecule has 3 rings (SSSR count). The number of hydrogen-bond acceptors (Lipinski definition) is 5. The Hall–Kier alpha value is -2.14. The molecule has 21 heavy (non-hydrogen) atoms. The molecule has 5 heteroatoms. The van der Waals surface area contributed by atoms with Crippen LogP contribution in [0.3, 0.4) is 0 Å². The molecule has 3 N–H and O–H groups in total. The van der Waals surface area contributed by atoms with Crippen molar-refractivity contribution in [2.45, 2.75) is 19.3 Å². The number of nitrogens with one attached hydrogen (secondary N) is 1. The van der Waals surface area contributed by atoms with Crippen LogP contribution in [0.15, 0.2) is 41.8 Å². The summed E-state index contributed by atoms with van der Waals surface area (Å²) in [6, 6.07) is 12.1. The summed E-state index contributed by atoms with van der Waals surface area (Å²) in [5.74, 6) is 1.09. The summed E-state index contributed by atoms with van der Waals surface area (Å²) in [7, 11) is 0. The van der Waals surface area contributed by atoms with Gasteiger partial charge in [-0.15, -0.1) is 11.3 Å². The Balaban J connectivity index is 1.89. The van der Waals surface area contributed by atoms with Gasteiger partial charge in [0.25, 0.3) is 0 Å². The highest BCUT2D eigenvalue weighted by molar-refractivity contribution is 7.10. The lowest BCUT2D eigenvalue weighted by atomic mass is 9.91. The van der Waals surface area contributed by atoms with Gasteiger partial charge in [-0.25, -0.2) is 4.98 Å². The maximum atomic E-state index is 5.80. The number of thiophene rings is 1. The summed E-state index contributed by atoms with van der Waals surface area (Å²) >= 11 is 1.77. The van der Waals surface area contributed by atoms with Crippen LogP contribution in [-0.4, -0.2) is 16.5 Å². The molecule has 0 saturated heterocycles. The highest BCUT2D eigenvalue weighted by Crippen LogP contribution is 2.29. The molecular weight excluding hydrogens is 280 g/mol. The fourth-order valence-electron chi connectivity index (χ4n) is 2.28. The van der Waals surface area contributed by atoms with Crippen LogP contribution in [0, 0.1) is 0 Å². The Morgan fingerprint density at radius 2 is 1.95 bits per heavy atom. The zero-order valence-electron chi connectivity index (χ0n) is 12.1. The molecule has 0 aliphatic heterocycles. The lowest BCUT2D eigenvalue weighted by molar-refractivity contribution is 0.568. The summed E-state index contributed by atoms with van der Waals surface area (Å²) in [6.07, 6.45) is 0. The Morgan fingerprint density at radius 1 is 1.14 bits per heavy atom. The molecule has 0 saturated carbocycles. The van der Waals surface area contributed by atoms with E-state index in [1.165, 1.54) is 4.88 Å². The molecule has 1 aromatic carbocycles. The Bertz CT molecular complexity index is 750. The monoisotopic (exact) mass is 298 g/mol. The molecule has 0 amide bonds. The lowest BCUT2D eigenvalue weighted by Gasteiger charge is -2.24. The number of nitrogens with zero attached hydrogens (tertiary/aromatic N) is 2. The van der Waals surface area contributed by atoms with Crippen LogP contribution in [0.25, 0.3) is 10.9 Å². The molecule has 0 fully saturated rings. The third-order valence-corrected chi connectivity index (χ3v) is 4.74. The van der Waals surface area contributed by atoms with E-state index in [0.717, 1.165) is 23.3 Å². The predicted octanol–water partition coefficient (Wildman–Crippen LogP) is 3.66. The average Bonchev–Trinajstić information content (AvgIpc) is 2.99. The minimum Gasteiger partial charge on any atom is -0.368 e. The predicted molar refractivity (Wildman–Crippen MR) is 89.8 cm³/mol. The number of benzene rings is 1. The Labute approximate surface area is 128 Å². The fourth-order valence-corrected chi connectivity index (χ4v) is 3.14. The molecule has 2 heterocycles. The third kappa shape index (κ3) is 2.83. The van der Waals surface area contributed by atoms with Crippen molar-refractivity contribution < 1.29 is 0 Å². The van der Waals surface area contributed by atoms with Gasteiger partial charge >= 0.3 is 0 Å². The van der Waals surface area contributed by atoms with Gasteiger partial charge in [0.15, 0.2) is 0 Å². The summed E-state index contributed by atoms with van der Waals surface area (Å²) in [6.45, 7) is 5.23. The summed E-state index contributed by atoms with van der Waals surface area (Å²) in [5.41, 5.74) is 6.70. The SMILES string of the molecule is CC(C)(CNc1nc(N)nc2ccccc12)c1cccs1. The van der Waals surface area contributed by atoms with Crippen molar-refractivity contribution in [3.8, 4) is 0 Å². The normalized spacial score (nSPS) is 11.7. The smallest absolute Gasteiger partial charge is 0.222 e. The van der Waals surface area contributed by atoms with Gasteiger partial charge in [-0.2, -0.15) is 4.98 Å². The number of fused-ring (bicyclic) bond motifs is 1. The van der Waals surface area contributed by atoms with Crippen LogP contribution in [0.2, 0.25) is 0 Å². The number of hydrogen-bond donors (Lipinski definition) is 2. The molecule has 2 aromatic heterocycles. The minimum absolute atomic E-state index is 0.0367. The zero-order chi connectivity index (χ0) is 14.9. The molecule has 0 spiro atoms. The van der Waals surface area contributed by atoms with Gasteiger partial charge in [-0.1, -0.05) is 32.0 Å². The quantitative estimate of drug-likeness (QED) is 0.771. The highest BCUT2D eigenvalue weighted by Gasteiger charge is 2.22. The molecule has 0 bridgehead atoms. The number of para-hydroxylation sites is 1. The molecule has 0 aliphatic carbocycles. The van der Waals surface area contributed by atoms with Crippen LogP contribution in [0.1, 0.15) is 18.7 Å². The van der Waals surface area contributed by atoms with Crippen molar-refractivity contribution in [3.05, 3.63) is 46.7 Å². The van der Waals surface area contributed by atoms with Crippen molar-refractivity contribution in [2.24, 2.45) is 0 Å². The van der Waals surface area contributed by atoms with Crippen LogP contribution in [0.5, 0.6) is 0 Å². The van der Waals surface area contributed by atoms with Crippen LogP contribution < -0.4 is 11.1 Å². The van der Waals surface area contributed by atoms with Crippen LogP contribution in [-0.2, 0) is 5.41 Å². The van der Waals surface area contributed by atoms with E-state index in [-0.39, 0.29) is 5.41 Å². The molecule has 0 radical (unpaired) electrons. The van der Waals surface area contributed by atoms with Gasteiger partial charge in [0.2, 0.25) is 5.95 Å². The summed E-state index contributed by atoms with van der Waals surface area (Å²) in [4.78, 5) is 9.95. The second-order valence-corrected chi connectivity index (χ2v) is 6.61. The largest absolute Gasteiger partial charge is 0.368 e. The zero-order valence-corrected chi connectivity index (χ0v) is 12.9. The van der Waals surface area contributed by atoms with E-state index in [4.69, 9.17) is 5.73 Å². The van der Waals surface area contributed by atoms with Crippen molar-refractivity contribution in [3.63, 3.8) is 0 Å². The van der Waals surface area contributed by atoms with E-state index in [1.54, 1.807) is 11.3 Å². The topological polar surface area (TPSA) is 63.8 Å². The van der Waals surface area contributed by atoms with Gasteiger partial charge < -0.3 is 11.1 Å². The number of rotatable bonds is 4. The Kier molecular flexibility index (Phi) is 3.51. The van der Waals surface area contributed by atoms with Crippen LogP contribution >= 0.6 is 11.3 Å². The Morgan fingerprint density at radius 3 is 2.71 bits per heavy atom. The summed E-state index contributed by atoms with van der Waals surface area (Å²) in [5, 5.41) is 6.53. The van der Waals surface area contributed by atoms with E-state index in [2.05, 4.69) is 46.6 Å². The number of aromatic nitrogens is 2. The maximum absolute atomic E-state index is 5.80. The first-order chi connectivity index (χ1) is 10.1. The van der Waals surface area contributed by atoms with Gasteiger partial charge in [0, 0.05) is 22.2 Å². The molecule has 4 nitrogen and oxygen atoms in total. The van der Waals surface area contributed by atoms with Gasteiger partial charge in [-0.3, -0.25) is 0 Å². The second-order valence-electron chi connectivity index (χ2n) is 5.66. The second kappa shape index (κ2) is 5.33. The van der Waals surface area contributed by atoms with Crippen molar-refractivity contribution in [1.29, 1.82) is 0 Å². The van der Waals surface area contributed by atoms with Crippen LogP contribution in [0.4, 0.5) is 11.8 Å². The molecule has 108 valence electrons. The molecule has 0 aliphatic rings. The third-order valence-electron chi connectivity index (χ3n) is 3.51. The molecular formula is C16H18N4S. The molecule has 0 unspecified atom stereocenters. The first kappa shape index (κ1) is 13.8. The van der Waals surface area contributed by atoms with Gasteiger partial charge in [0.05, 0.1) is 5.52 Å².